The average Bonchev–Trinajstić information content (AvgIpc) is 3.29. The van der Waals surface area contributed by atoms with Gasteiger partial charge in [0.2, 0.25) is 11.0 Å². The number of carbonyl (C=O) groups is 1. The van der Waals surface area contributed by atoms with Crippen LogP contribution in [0.2, 0.25) is 10.0 Å². The molecule has 4 rings (SSSR count). The molecule has 142 valence electrons. The van der Waals surface area contributed by atoms with E-state index in [1.807, 2.05) is 24.3 Å². The van der Waals surface area contributed by atoms with Crippen LogP contribution in [0.4, 0.5) is 5.13 Å². The van der Waals surface area contributed by atoms with Crippen LogP contribution >= 0.6 is 46.3 Å². The second-order valence-electron chi connectivity index (χ2n) is 5.71. The van der Waals surface area contributed by atoms with Gasteiger partial charge in [0.25, 0.3) is 0 Å². The van der Waals surface area contributed by atoms with E-state index in [1.165, 1.54) is 23.1 Å². The van der Waals surface area contributed by atoms with Crippen LogP contribution in [0, 0.1) is 0 Å². The number of para-hydroxylation sites is 1. The van der Waals surface area contributed by atoms with E-state index >= 15 is 0 Å². The van der Waals surface area contributed by atoms with Gasteiger partial charge in [0.15, 0.2) is 9.92 Å². The van der Waals surface area contributed by atoms with Gasteiger partial charge in [-0.3, -0.25) is 4.79 Å². The van der Waals surface area contributed by atoms with Gasteiger partial charge < -0.3 is 9.84 Å². The zero-order chi connectivity index (χ0) is 19.5. The first-order chi connectivity index (χ1) is 13.6. The molecule has 0 atom stereocenters. The molecule has 6 nitrogen and oxygen atoms in total. The van der Waals surface area contributed by atoms with Crippen LogP contribution in [0.5, 0.6) is 0 Å². The first kappa shape index (κ1) is 19.2. The molecule has 1 N–H and O–H groups in total. The molecule has 0 radical (unpaired) electrons. The summed E-state index contributed by atoms with van der Waals surface area (Å²) < 4.78 is 5.92. The van der Waals surface area contributed by atoms with E-state index in [4.69, 9.17) is 27.7 Å². The molecule has 28 heavy (non-hydrogen) atoms. The largest absolute Gasteiger partial charge is 0.356 e. The van der Waals surface area contributed by atoms with Crippen molar-refractivity contribution < 1.29 is 9.32 Å². The van der Waals surface area contributed by atoms with Crippen molar-refractivity contribution in [3.63, 3.8) is 0 Å². The van der Waals surface area contributed by atoms with Crippen LogP contribution in [0.3, 0.4) is 0 Å². The van der Waals surface area contributed by atoms with Gasteiger partial charge >= 0.3 is 0 Å². The fraction of sp³-hybridized carbons (Fsp3) is 0.111. The van der Waals surface area contributed by atoms with Crippen molar-refractivity contribution in [1.29, 1.82) is 0 Å². The third-order valence-electron chi connectivity index (χ3n) is 3.83. The topological polar surface area (TPSA) is 80.9 Å². The number of rotatable bonds is 6. The summed E-state index contributed by atoms with van der Waals surface area (Å²) in [4.78, 5) is 12.3. The Bertz CT molecular complexity index is 1130. The van der Waals surface area contributed by atoms with E-state index in [1.54, 1.807) is 18.2 Å². The predicted molar refractivity (Wildman–Crippen MR) is 112 cm³/mol. The van der Waals surface area contributed by atoms with E-state index in [-0.39, 0.29) is 12.3 Å². The summed E-state index contributed by atoms with van der Waals surface area (Å²) in [6, 6.07) is 12.8. The number of nitrogens with zero attached hydrogens (tertiary/aromatic N) is 3. The summed E-state index contributed by atoms with van der Waals surface area (Å²) >= 11 is 15.1. The number of halogens is 2. The van der Waals surface area contributed by atoms with Crippen molar-refractivity contribution in [3.8, 4) is 0 Å². The van der Waals surface area contributed by atoms with Crippen LogP contribution in [0.15, 0.2) is 51.3 Å². The molecule has 2 aromatic heterocycles. The standard InChI is InChI=1S/C18H12Cl2N4O2S2/c19-12-5-3-6-13(20)11(12)9-27-18-23-22-17(28-18)21-16(25)8-14-10-4-1-2-7-15(10)26-24-14/h1-7H,8-9H2,(H,21,22,25). The zero-order valence-corrected chi connectivity index (χ0v) is 17.3. The minimum Gasteiger partial charge on any atom is -0.356 e. The SMILES string of the molecule is O=C(Cc1noc2ccccc12)Nc1nnc(SCc2c(Cl)cccc2Cl)s1. The van der Waals surface area contributed by atoms with Gasteiger partial charge in [-0.25, -0.2) is 0 Å². The van der Waals surface area contributed by atoms with E-state index in [2.05, 4.69) is 20.7 Å². The third kappa shape index (κ3) is 4.30. The number of carbonyl (C=O) groups excluding carboxylic acids is 1. The summed E-state index contributed by atoms with van der Waals surface area (Å²) in [7, 11) is 0. The van der Waals surface area contributed by atoms with Gasteiger partial charge in [0, 0.05) is 21.2 Å². The first-order valence-corrected chi connectivity index (χ1v) is 10.7. The monoisotopic (exact) mass is 450 g/mol. The lowest BCUT2D eigenvalue weighted by Gasteiger charge is -2.04. The quantitative estimate of drug-likeness (QED) is 0.310. The molecule has 0 unspecified atom stereocenters. The number of hydrogen-bond acceptors (Lipinski definition) is 7. The summed E-state index contributed by atoms with van der Waals surface area (Å²) in [6.07, 6.45) is 0.0916. The molecule has 0 spiro atoms. The van der Waals surface area contributed by atoms with Crippen LogP contribution in [-0.2, 0) is 17.0 Å². The molecule has 0 fully saturated rings. The number of hydrogen-bond donors (Lipinski definition) is 1. The number of benzene rings is 2. The molecule has 0 saturated heterocycles. The van der Waals surface area contributed by atoms with E-state index in [0.29, 0.717) is 36.5 Å². The lowest BCUT2D eigenvalue weighted by atomic mass is 10.2. The smallest absolute Gasteiger partial charge is 0.232 e. The second kappa shape index (κ2) is 8.48. The molecule has 0 aliphatic rings. The lowest BCUT2D eigenvalue weighted by molar-refractivity contribution is -0.115. The Labute approximate surface area is 178 Å². The van der Waals surface area contributed by atoms with Gasteiger partial charge in [-0.2, -0.15) is 0 Å². The van der Waals surface area contributed by atoms with Gasteiger partial charge in [-0.05, 0) is 29.8 Å². The van der Waals surface area contributed by atoms with Crippen molar-refractivity contribution in [3.05, 3.63) is 63.8 Å². The van der Waals surface area contributed by atoms with Crippen LogP contribution in [0.1, 0.15) is 11.3 Å². The number of thioether (sulfide) groups is 1. The maximum atomic E-state index is 12.3. The van der Waals surface area contributed by atoms with Gasteiger partial charge in [-0.15, -0.1) is 10.2 Å². The number of fused-ring (bicyclic) bond motifs is 1. The number of nitrogens with one attached hydrogen (secondary N) is 1. The van der Waals surface area contributed by atoms with Gasteiger partial charge in [-0.1, -0.05) is 69.7 Å². The Morgan fingerprint density at radius 1 is 1.11 bits per heavy atom. The Hall–Kier alpha value is -2.13. The van der Waals surface area contributed by atoms with Crippen molar-refractivity contribution in [2.24, 2.45) is 0 Å². The van der Waals surface area contributed by atoms with Gasteiger partial charge in [0.05, 0.1) is 6.42 Å². The first-order valence-electron chi connectivity index (χ1n) is 8.12. The average molecular weight is 451 g/mol. The fourth-order valence-electron chi connectivity index (χ4n) is 2.50. The molecule has 2 heterocycles. The summed E-state index contributed by atoms with van der Waals surface area (Å²) in [5, 5.41) is 17.3. The highest BCUT2D eigenvalue weighted by Crippen LogP contribution is 2.33. The molecule has 1 amide bonds. The van der Waals surface area contributed by atoms with Crippen molar-refractivity contribution in [2.45, 2.75) is 16.5 Å². The number of aromatic nitrogens is 3. The molecule has 2 aromatic carbocycles. The fourth-order valence-corrected chi connectivity index (χ4v) is 5.01. The Morgan fingerprint density at radius 2 is 1.89 bits per heavy atom. The van der Waals surface area contributed by atoms with Crippen LogP contribution < -0.4 is 5.32 Å². The number of amides is 1. The molecule has 0 bridgehead atoms. The molecular weight excluding hydrogens is 439 g/mol. The van der Waals surface area contributed by atoms with E-state index in [9.17, 15) is 4.79 Å². The summed E-state index contributed by atoms with van der Waals surface area (Å²) in [5.74, 6) is 0.326. The molecule has 4 aromatic rings. The highest BCUT2D eigenvalue weighted by atomic mass is 35.5. The second-order valence-corrected chi connectivity index (χ2v) is 8.73. The predicted octanol–water partition coefficient (Wildman–Crippen LogP) is 5.46. The molecule has 0 aliphatic heterocycles. The summed E-state index contributed by atoms with van der Waals surface area (Å²) in [5.41, 5.74) is 2.08. The van der Waals surface area contributed by atoms with Crippen molar-refractivity contribution >= 4 is 68.3 Å². The highest BCUT2D eigenvalue weighted by Gasteiger charge is 2.15. The van der Waals surface area contributed by atoms with Gasteiger partial charge in [0.1, 0.15) is 5.69 Å². The van der Waals surface area contributed by atoms with E-state index < -0.39 is 0 Å². The Kier molecular flexibility index (Phi) is 5.82. The molecular formula is C18H12Cl2N4O2S2. The highest BCUT2D eigenvalue weighted by molar-refractivity contribution is 8.00. The van der Waals surface area contributed by atoms with E-state index in [0.717, 1.165) is 10.9 Å². The molecule has 0 saturated carbocycles. The maximum absolute atomic E-state index is 12.3. The molecule has 0 aliphatic carbocycles. The molecule has 10 heteroatoms. The normalized spacial score (nSPS) is 11.1. The van der Waals surface area contributed by atoms with Crippen molar-refractivity contribution in [1.82, 2.24) is 15.4 Å². The minimum absolute atomic E-state index is 0.0916. The third-order valence-corrected chi connectivity index (χ3v) is 6.54. The Morgan fingerprint density at radius 3 is 2.71 bits per heavy atom. The summed E-state index contributed by atoms with van der Waals surface area (Å²) in [6.45, 7) is 0. The maximum Gasteiger partial charge on any atom is 0.232 e. The Balaban J connectivity index is 1.37. The number of anilines is 1. The lowest BCUT2D eigenvalue weighted by Crippen LogP contribution is -2.14. The van der Waals surface area contributed by atoms with Crippen LogP contribution in [-0.4, -0.2) is 21.3 Å². The zero-order valence-electron chi connectivity index (χ0n) is 14.2. The minimum atomic E-state index is -0.235. The van der Waals surface area contributed by atoms with Crippen LogP contribution in [0.25, 0.3) is 11.0 Å². The van der Waals surface area contributed by atoms with Crippen molar-refractivity contribution in [2.75, 3.05) is 5.32 Å².